The molecular weight excluding hydrogens is 218 g/mol. The molecule has 0 bridgehead atoms. The van der Waals surface area contributed by atoms with E-state index in [0.29, 0.717) is 13.0 Å². The van der Waals surface area contributed by atoms with Gasteiger partial charge in [-0.05, 0) is 27.2 Å². The van der Waals surface area contributed by atoms with E-state index >= 15 is 0 Å². The van der Waals surface area contributed by atoms with Gasteiger partial charge in [0.2, 0.25) is 5.91 Å². The number of primary amides is 1. The summed E-state index contributed by atoms with van der Waals surface area (Å²) in [4.78, 5) is 11.2. The van der Waals surface area contributed by atoms with E-state index in [2.05, 4.69) is 36.4 Å². The molecule has 96 valence electrons. The largest absolute Gasteiger partial charge is 0.368 e. The van der Waals surface area contributed by atoms with Gasteiger partial charge in [-0.15, -0.1) is 5.10 Å². The Morgan fingerprint density at radius 3 is 2.71 bits per heavy atom. The minimum Gasteiger partial charge on any atom is -0.368 e. The van der Waals surface area contributed by atoms with Crippen LogP contribution >= 0.6 is 0 Å². The molecule has 0 aliphatic heterocycles. The van der Waals surface area contributed by atoms with Crippen LogP contribution in [0.3, 0.4) is 0 Å². The van der Waals surface area contributed by atoms with Gasteiger partial charge in [0.05, 0.1) is 11.9 Å². The molecule has 1 amide bonds. The molecule has 0 fully saturated rings. The molecule has 0 saturated heterocycles. The average Bonchev–Trinajstić information content (AvgIpc) is 2.63. The third-order valence-corrected chi connectivity index (χ3v) is 2.39. The molecule has 0 radical (unpaired) electrons. The first kappa shape index (κ1) is 13.6. The van der Waals surface area contributed by atoms with E-state index < -0.39 is 6.04 Å². The summed E-state index contributed by atoms with van der Waals surface area (Å²) < 4.78 is 1.53. The normalized spacial score (nSPS) is 13.6. The zero-order valence-electron chi connectivity index (χ0n) is 10.9. The summed E-state index contributed by atoms with van der Waals surface area (Å²) in [7, 11) is 0. The fraction of sp³-hybridized carbons (Fsp3) is 0.727. The Morgan fingerprint density at radius 2 is 2.24 bits per heavy atom. The Hall–Kier alpha value is -1.43. The van der Waals surface area contributed by atoms with Crippen molar-refractivity contribution in [3.8, 4) is 0 Å². The lowest BCUT2D eigenvalue weighted by Gasteiger charge is -2.19. The van der Waals surface area contributed by atoms with Crippen LogP contribution in [-0.4, -0.2) is 26.4 Å². The number of carbonyl (C=O) groups excluding carboxylic acids is 1. The lowest BCUT2D eigenvalue weighted by molar-refractivity contribution is -0.121. The fourth-order valence-corrected chi connectivity index (χ4v) is 1.42. The molecule has 6 heteroatoms. The lowest BCUT2D eigenvalue weighted by atomic mass is 10.1. The number of rotatable bonds is 5. The highest BCUT2D eigenvalue weighted by Gasteiger charge is 2.17. The van der Waals surface area contributed by atoms with E-state index in [1.165, 1.54) is 4.68 Å². The first-order valence-corrected chi connectivity index (χ1v) is 5.78. The molecule has 1 aromatic rings. The second kappa shape index (κ2) is 5.27. The van der Waals surface area contributed by atoms with Gasteiger partial charge >= 0.3 is 0 Å². The van der Waals surface area contributed by atoms with Gasteiger partial charge in [-0.1, -0.05) is 12.1 Å². The van der Waals surface area contributed by atoms with E-state index in [-0.39, 0.29) is 11.4 Å². The molecule has 0 aliphatic rings. The number of nitrogens with two attached hydrogens (primary N) is 1. The van der Waals surface area contributed by atoms with Crippen LogP contribution in [0.15, 0.2) is 6.20 Å². The van der Waals surface area contributed by atoms with Crippen molar-refractivity contribution in [1.29, 1.82) is 0 Å². The molecule has 0 aromatic carbocycles. The van der Waals surface area contributed by atoms with Crippen LogP contribution in [0.4, 0.5) is 0 Å². The summed E-state index contributed by atoms with van der Waals surface area (Å²) in [6, 6.07) is -0.411. The molecule has 3 N–H and O–H groups in total. The third kappa shape index (κ3) is 4.14. The molecular formula is C11H21N5O. The van der Waals surface area contributed by atoms with Crippen molar-refractivity contribution in [3.63, 3.8) is 0 Å². The first-order valence-electron chi connectivity index (χ1n) is 5.78. The number of hydrogen-bond acceptors (Lipinski definition) is 4. The topological polar surface area (TPSA) is 85.8 Å². The summed E-state index contributed by atoms with van der Waals surface area (Å²) in [6.45, 7) is 8.75. The predicted molar refractivity (Wildman–Crippen MR) is 65.1 cm³/mol. The van der Waals surface area contributed by atoms with Gasteiger partial charge < -0.3 is 11.1 Å². The summed E-state index contributed by atoms with van der Waals surface area (Å²) >= 11 is 0. The summed E-state index contributed by atoms with van der Waals surface area (Å²) in [6.07, 6.45) is 2.38. The summed E-state index contributed by atoms with van der Waals surface area (Å²) in [5.74, 6) is -0.382. The van der Waals surface area contributed by atoms with Crippen LogP contribution in [0.5, 0.6) is 0 Å². The van der Waals surface area contributed by atoms with Crippen molar-refractivity contribution in [1.82, 2.24) is 20.3 Å². The molecule has 1 rings (SSSR count). The van der Waals surface area contributed by atoms with E-state index in [1.54, 1.807) is 6.20 Å². The van der Waals surface area contributed by atoms with Crippen molar-refractivity contribution < 1.29 is 4.79 Å². The summed E-state index contributed by atoms with van der Waals surface area (Å²) in [5.41, 5.74) is 6.12. The van der Waals surface area contributed by atoms with Gasteiger partial charge in [0, 0.05) is 12.1 Å². The maximum Gasteiger partial charge on any atom is 0.242 e. The predicted octanol–water partition coefficient (Wildman–Crippen LogP) is 0.603. The molecule has 6 nitrogen and oxygen atoms in total. The molecule has 0 aliphatic carbocycles. The van der Waals surface area contributed by atoms with Crippen molar-refractivity contribution in [2.45, 2.75) is 52.2 Å². The Labute approximate surface area is 102 Å². The number of hydrogen-bond donors (Lipinski definition) is 2. The van der Waals surface area contributed by atoms with Crippen LogP contribution in [0, 0.1) is 0 Å². The summed E-state index contributed by atoms with van der Waals surface area (Å²) in [5, 5.41) is 11.3. The zero-order chi connectivity index (χ0) is 13.1. The number of aromatic nitrogens is 3. The molecule has 0 saturated carbocycles. The quantitative estimate of drug-likeness (QED) is 0.788. The zero-order valence-corrected chi connectivity index (χ0v) is 10.9. The fourth-order valence-electron chi connectivity index (χ4n) is 1.42. The Morgan fingerprint density at radius 1 is 1.59 bits per heavy atom. The standard InChI is InChI=1S/C11H21N5O/c1-5-9(10(12)17)16-7-8(14-15-16)6-13-11(2,3)4/h7,9,13H,5-6H2,1-4H3,(H2,12,17). The second-order valence-electron chi connectivity index (χ2n) is 5.12. The number of nitrogens with one attached hydrogen (secondary N) is 1. The van der Waals surface area contributed by atoms with Gasteiger partial charge in [-0.2, -0.15) is 0 Å². The highest BCUT2D eigenvalue weighted by molar-refractivity contribution is 5.78. The molecule has 0 spiro atoms. The van der Waals surface area contributed by atoms with Crippen LogP contribution < -0.4 is 11.1 Å². The van der Waals surface area contributed by atoms with Crippen molar-refractivity contribution >= 4 is 5.91 Å². The smallest absolute Gasteiger partial charge is 0.242 e. The van der Waals surface area contributed by atoms with Crippen LogP contribution in [0.2, 0.25) is 0 Å². The third-order valence-electron chi connectivity index (χ3n) is 2.39. The maximum atomic E-state index is 11.2. The van der Waals surface area contributed by atoms with Gasteiger partial charge in [0.25, 0.3) is 0 Å². The minimum absolute atomic E-state index is 0.0254. The Kier molecular flexibility index (Phi) is 4.22. The van der Waals surface area contributed by atoms with Crippen LogP contribution in [0.1, 0.15) is 45.9 Å². The van der Waals surface area contributed by atoms with E-state index in [9.17, 15) is 4.79 Å². The van der Waals surface area contributed by atoms with Gasteiger partial charge in [0.1, 0.15) is 6.04 Å². The lowest BCUT2D eigenvalue weighted by Crippen LogP contribution is -2.35. The van der Waals surface area contributed by atoms with Crippen molar-refractivity contribution in [2.24, 2.45) is 5.73 Å². The first-order chi connectivity index (χ1) is 7.83. The SMILES string of the molecule is CCC(C(N)=O)n1cc(CNC(C)(C)C)nn1. The van der Waals surface area contributed by atoms with Crippen molar-refractivity contribution in [2.75, 3.05) is 0 Å². The Balaban J connectivity index is 2.68. The van der Waals surface area contributed by atoms with E-state index in [0.717, 1.165) is 5.69 Å². The van der Waals surface area contributed by atoms with Crippen LogP contribution in [-0.2, 0) is 11.3 Å². The van der Waals surface area contributed by atoms with Gasteiger partial charge in [0.15, 0.2) is 0 Å². The minimum atomic E-state index is -0.411. The molecule has 1 aromatic heterocycles. The number of nitrogens with zero attached hydrogens (tertiary/aromatic N) is 3. The van der Waals surface area contributed by atoms with Gasteiger partial charge in [-0.25, -0.2) is 4.68 Å². The molecule has 1 heterocycles. The Bertz CT molecular complexity index is 379. The van der Waals surface area contributed by atoms with Crippen LogP contribution in [0.25, 0.3) is 0 Å². The van der Waals surface area contributed by atoms with Gasteiger partial charge in [-0.3, -0.25) is 4.79 Å². The highest BCUT2D eigenvalue weighted by Crippen LogP contribution is 2.09. The molecule has 1 atom stereocenters. The van der Waals surface area contributed by atoms with Crippen molar-refractivity contribution in [3.05, 3.63) is 11.9 Å². The number of carbonyl (C=O) groups is 1. The average molecular weight is 239 g/mol. The highest BCUT2D eigenvalue weighted by atomic mass is 16.1. The maximum absolute atomic E-state index is 11.2. The van der Waals surface area contributed by atoms with E-state index in [4.69, 9.17) is 5.73 Å². The molecule has 1 unspecified atom stereocenters. The number of amides is 1. The second-order valence-corrected chi connectivity index (χ2v) is 5.12. The molecule has 17 heavy (non-hydrogen) atoms. The monoisotopic (exact) mass is 239 g/mol. The van der Waals surface area contributed by atoms with E-state index in [1.807, 2.05) is 6.92 Å².